The normalized spacial score (nSPS) is 10.6. The first-order valence-corrected chi connectivity index (χ1v) is 6.70. The highest BCUT2D eigenvalue weighted by Gasteiger charge is 2.10. The average molecular weight is 275 g/mol. The predicted molar refractivity (Wildman–Crippen MR) is 79.1 cm³/mol. The lowest BCUT2D eigenvalue weighted by atomic mass is 10.2. The van der Waals surface area contributed by atoms with E-state index in [2.05, 4.69) is 32.7 Å². The van der Waals surface area contributed by atoms with E-state index < -0.39 is 0 Å². The summed E-state index contributed by atoms with van der Waals surface area (Å²) in [5.74, 6) is 7.75. The number of hydrogen-bond donors (Lipinski definition) is 3. The number of aromatic nitrogens is 4. The lowest BCUT2D eigenvalue weighted by Crippen LogP contribution is -2.15. The van der Waals surface area contributed by atoms with E-state index in [4.69, 9.17) is 5.84 Å². The van der Waals surface area contributed by atoms with E-state index in [1.165, 1.54) is 0 Å². The Morgan fingerprint density at radius 3 is 2.65 bits per heavy atom. The van der Waals surface area contributed by atoms with Gasteiger partial charge in [-0.2, -0.15) is 5.10 Å². The van der Waals surface area contributed by atoms with Crippen LogP contribution in [0.1, 0.15) is 30.4 Å². The van der Waals surface area contributed by atoms with Crippen molar-refractivity contribution in [1.29, 1.82) is 0 Å². The molecule has 0 aliphatic carbocycles. The fraction of sp³-hybridized carbons (Fsp3) is 0.462. The van der Waals surface area contributed by atoms with Gasteiger partial charge in [-0.15, -0.1) is 0 Å². The molecule has 108 valence electrons. The van der Waals surface area contributed by atoms with Crippen molar-refractivity contribution in [3.05, 3.63) is 29.3 Å². The number of anilines is 2. The molecule has 0 radical (unpaired) electrons. The van der Waals surface area contributed by atoms with Gasteiger partial charge in [0.2, 0.25) is 0 Å². The molecule has 0 aliphatic rings. The molecule has 2 rings (SSSR count). The summed E-state index contributed by atoms with van der Waals surface area (Å²) in [5, 5.41) is 7.62. The summed E-state index contributed by atoms with van der Waals surface area (Å²) in [6.07, 6.45) is 3.74. The molecule has 7 heteroatoms. The van der Waals surface area contributed by atoms with Crippen LogP contribution in [0.25, 0.3) is 0 Å². The molecule has 7 nitrogen and oxygen atoms in total. The van der Waals surface area contributed by atoms with Crippen molar-refractivity contribution < 1.29 is 0 Å². The molecule has 4 N–H and O–H groups in total. The molecule has 2 heterocycles. The van der Waals surface area contributed by atoms with Crippen LogP contribution in [0.5, 0.6) is 0 Å². The molecule has 0 saturated heterocycles. The first kappa shape index (κ1) is 14.3. The summed E-state index contributed by atoms with van der Waals surface area (Å²) in [6, 6.07) is 1.97. The fourth-order valence-corrected chi connectivity index (χ4v) is 1.94. The van der Waals surface area contributed by atoms with Crippen molar-refractivity contribution in [2.24, 2.45) is 12.9 Å². The van der Waals surface area contributed by atoms with Crippen molar-refractivity contribution >= 4 is 11.6 Å². The molecule has 0 spiro atoms. The van der Waals surface area contributed by atoms with Crippen LogP contribution in [0, 0.1) is 6.92 Å². The molecule has 0 fully saturated rings. The molecule has 2 aromatic rings. The molecule has 0 unspecified atom stereocenters. The quantitative estimate of drug-likeness (QED) is 0.544. The van der Waals surface area contributed by atoms with Gasteiger partial charge >= 0.3 is 0 Å². The summed E-state index contributed by atoms with van der Waals surface area (Å²) in [4.78, 5) is 8.93. The topological polar surface area (TPSA) is 93.7 Å². The van der Waals surface area contributed by atoms with Crippen LogP contribution in [0.2, 0.25) is 0 Å². The van der Waals surface area contributed by atoms with Gasteiger partial charge in [0.1, 0.15) is 17.5 Å². The third-order valence-electron chi connectivity index (χ3n) is 3.01. The fourth-order valence-electron chi connectivity index (χ4n) is 1.94. The largest absolute Gasteiger partial charge is 0.364 e. The summed E-state index contributed by atoms with van der Waals surface area (Å²) >= 11 is 0. The molecule has 20 heavy (non-hydrogen) atoms. The van der Waals surface area contributed by atoms with Crippen LogP contribution in [-0.4, -0.2) is 19.7 Å². The molecule has 0 aromatic carbocycles. The highest BCUT2D eigenvalue weighted by molar-refractivity contribution is 5.56. The average Bonchev–Trinajstić information content (AvgIpc) is 2.85. The van der Waals surface area contributed by atoms with E-state index in [1.54, 1.807) is 4.68 Å². The maximum atomic E-state index is 5.51. The molecule has 0 bridgehead atoms. The van der Waals surface area contributed by atoms with Crippen molar-refractivity contribution in [2.45, 2.75) is 33.2 Å². The third-order valence-corrected chi connectivity index (χ3v) is 3.01. The Bertz CT molecular complexity index is 576. The summed E-state index contributed by atoms with van der Waals surface area (Å²) in [6.45, 7) is 4.65. The summed E-state index contributed by atoms with van der Waals surface area (Å²) in [7, 11) is 1.90. The second kappa shape index (κ2) is 6.33. The SMILES string of the molecule is CCCc1nc(NN)c(C)c(NCc2ccn(C)n2)n1. The standard InChI is InChI=1S/C13H21N7/c1-4-5-11-16-12(9(2)13(17-11)18-14)15-8-10-6-7-20(3)19-10/h6-7H,4-5,8,14H2,1-3H3,(H2,15,16,17,18). The molecular formula is C13H21N7. The zero-order chi connectivity index (χ0) is 14.5. The Balaban J connectivity index is 2.18. The number of nitrogens with two attached hydrogens (primary N) is 1. The number of rotatable bonds is 6. The maximum absolute atomic E-state index is 5.51. The van der Waals surface area contributed by atoms with Gasteiger partial charge in [0, 0.05) is 25.2 Å². The lowest BCUT2D eigenvalue weighted by molar-refractivity contribution is 0.746. The van der Waals surface area contributed by atoms with E-state index in [1.807, 2.05) is 26.2 Å². The van der Waals surface area contributed by atoms with Gasteiger partial charge in [0.15, 0.2) is 0 Å². The van der Waals surface area contributed by atoms with Gasteiger partial charge in [0.05, 0.1) is 12.2 Å². The highest BCUT2D eigenvalue weighted by Crippen LogP contribution is 2.20. The minimum atomic E-state index is 0.619. The van der Waals surface area contributed by atoms with Gasteiger partial charge in [-0.05, 0) is 19.4 Å². The second-order valence-corrected chi connectivity index (χ2v) is 4.69. The number of hydrogen-bond acceptors (Lipinski definition) is 6. The third kappa shape index (κ3) is 3.24. The summed E-state index contributed by atoms with van der Waals surface area (Å²) < 4.78 is 1.78. The van der Waals surface area contributed by atoms with Crippen LogP contribution in [-0.2, 0) is 20.0 Å². The van der Waals surface area contributed by atoms with Crippen molar-refractivity contribution in [1.82, 2.24) is 19.7 Å². The van der Waals surface area contributed by atoms with Crippen LogP contribution in [0.4, 0.5) is 11.6 Å². The Morgan fingerprint density at radius 1 is 1.30 bits per heavy atom. The lowest BCUT2D eigenvalue weighted by Gasteiger charge is -2.12. The van der Waals surface area contributed by atoms with Crippen LogP contribution in [0.3, 0.4) is 0 Å². The van der Waals surface area contributed by atoms with Crippen molar-refractivity contribution in [3.63, 3.8) is 0 Å². The zero-order valence-electron chi connectivity index (χ0n) is 12.1. The highest BCUT2D eigenvalue weighted by atomic mass is 15.3. The summed E-state index contributed by atoms with van der Waals surface area (Å²) in [5.41, 5.74) is 4.49. The number of nitrogens with one attached hydrogen (secondary N) is 2. The number of nitrogen functional groups attached to an aromatic ring is 1. The smallest absolute Gasteiger partial charge is 0.148 e. The molecule has 0 saturated carbocycles. The first-order chi connectivity index (χ1) is 9.63. The second-order valence-electron chi connectivity index (χ2n) is 4.69. The minimum absolute atomic E-state index is 0.619. The molecule has 2 aromatic heterocycles. The molecular weight excluding hydrogens is 254 g/mol. The maximum Gasteiger partial charge on any atom is 0.148 e. The Kier molecular flexibility index (Phi) is 4.52. The molecule has 0 amide bonds. The minimum Gasteiger partial charge on any atom is -0.364 e. The van der Waals surface area contributed by atoms with Gasteiger partial charge < -0.3 is 10.7 Å². The number of hydrazine groups is 1. The van der Waals surface area contributed by atoms with Crippen molar-refractivity contribution in [2.75, 3.05) is 10.7 Å². The van der Waals surface area contributed by atoms with E-state index >= 15 is 0 Å². The Hall–Kier alpha value is -2.15. The first-order valence-electron chi connectivity index (χ1n) is 6.70. The van der Waals surface area contributed by atoms with Crippen LogP contribution in [0.15, 0.2) is 12.3 Å². The van der Waals surface area contributed by atoms with E-state index in [0.29, 0.717) is 12.4 Å². The Labute approximate surface area is 118 Å². The van der Waals surface area contributed by atoms with Gasteiger partial charge in [-0.1, -0.05) is 6.92 Å². The van der Waals surface area contributed by atoms with E-state index in [9.17, 15) is 0 Å². The van der Waals surface area contributed by atoms with Gasteiger partial charge in [-0.25, -0.2) is 15.8 Å². The molecule has 0 atom stereocenters. The van der Waals surface area contributed by atoms with E-state index in [-0.39, 0.29) is 0 Å². The predicted octanol–water partition coefficient (Wildman–Crippen LogP) is 1.37. The number of aryl methyl sites for hydroxylation is 2. The van der Waals surface area contributed by atoms with Gasteiger partial charge in [-0.3, -0.25) is 4.68 Å². The van der Waals surface area contributed by atoms with E-state index in [0.717, 1.165) is 35.7 Å². The van der Waals surface area contributed by atoms with Crippen LogP contribution < -0.4 is 16.6 Å². The van der Waals surface area contributed by atoms with Gasteiger partial charge in [0.25, 0.3) is 0 Å². The zero-order valence-corrected chi connectivity index (χ0v) is 12.1. The number of nitrogens with zero attached hydrogens (tertiary/aromatic N) is 4. The van der Waals surface area contributed by atoms with Crippen molar-refractivity contribution in [3.8, 4) is 0 Å². The Morgan fingerprint density at radius 2 is 2.05 bits per heavy atom. The monoisotopic (exact) mass is 275 g/mol. The molecule has 0 aliphatic heterocycles. The van der Waals surface area contributed by atoms with Crippen LogP contribution >= 0.6 is 0 Å².